The van der Waals surface area contributed by atoms with E-state index in [1.54, 1.807) is 4.98 Å². The maximum atomic E-state index is 12.5. The van der Waals surface area contributed by atoms with Crippen LogP contribution in [0.4, 0.5) is 22.0 Å². The average Bonchev–Trinajstić information content (AvgIpc) is 2.14. The largest absolute Gasteiger partial charge is 0.482 e. The van der Waals surface area contributed by atoms with Gasteiger partial charge in [-0.1, -0.05) is 0 Å². The minimum Gasteiger partial charge on any atom is -0.482 e. The fraction of sp³-hybridized carbons (Fsp3) is 0.375. The molecule has 0 spiro atoms. The van der Waals surface area contributed by atoms with Gasteiger partial charge in [0, 0.05) is 11.6 Å². The molecule has 16 heavy (non-hydrogen) atoms. The highest BCUT2D eigenvalue weighted by atomic mass is 19.4. The summed E-state index contributed by atoms with van der Waals surface area (Å²) in [5.41, 5.74) is -4.14. The lowest BCUT2D eigenvalue weighted by Crippen LogP contribution is -2.18. The molecule has 0 saturated carbocycles. The van der Waals surface area contributed by atoms with Crippen LogP contribution in [0.1, 0.15) is 17.6 Å². The van der Waals surface area contributed by atoms with Gasteiger partial charge in [-0.2, -0.15) is 13.2 Å². The van der Waals surface area contributed by atoms with Gasteiger partial charge in [-0.25, -0.2) is 8.78 Å². The zero-order chi connectivity index (χ0) is 12.5. The molecule has 0 fully saturated rings. The van der Waals surface area contributed by atoms with Crippen LogP contribution in [0.2, 0.25) is 0 Å². The first-order chi connectivity index (χ1) is 7.27. The van der Waals surface area contributed by atoms with Crippen LogP contribution in [0, 0.1) is 0 Å². The molecule has 3 nitrogen and oxygen atoms in total. The van der Waals surface area contributed by atoms with Crippen molar-refractivity contribution < 1.29 is 26.7 Å². The molecule has 0 bridgehead atoms. The Bertz CT molecular complexity index is 437. The highest BCUT2D eigenvalue weighted by molar-refractivity contribution is 5.37. The molecule has 0 radical (unpaired) electrons. The van der Waals surface area contributed by atoms with E-state index in [1.807, 2.05) is 0 Å². The summed E-state index contributed by atoms with van der Waals surface area (Å²) >= 11 is 0. The Balaban J connectivity index is 3.58. The maximum absolute atomic E-state index is 12.5. The normalized spacial score (nSPS) is 11.9. The molecule has 0 aliphatic rings. The van der Waals surface area contributed by atoms with Crippen LogP contribution in [0.3, 0.4) is 0 Å². The van der Waals surface area contributed by atoms with Crippen LogP contribution in [-0.4, -0.2) is 12.1 Å². The lowest BCUT2D eigenvalue weighted by molar-refractivity contribution is -0.141. The van der Waals surface area contributed by atoms with Crippen molar-refractivity contribution in [2.24, 2.45) is 0 Å². The number of ether oxygens (including phenoxy) is 1. The van der Waals surface area contributed by atoms with Gasteiger partial charge in [-0.05, 0) is 0 Å². The summed E-state index contributed by atoms with van der Waals surface area (Å²) in [5, 5.41) is 0. The Hall–Kier alpha value is -1.60. The van der Waals surface area contributed by atoms with E-state index in [9.17, 15) is 26.7 Å². The van der Waals surface area contributed by atoms with E-state index < -0.39 is 35.2 Å². The third kappa shape index (κ3) is 2.31. The van der Waals surface area contributed by atoms with E-state index in [0.29, 0.717) is 0 Å². The van der Waals surface area contributed by atoms with Crippen molar-refractivity contribution in [2.75, 3.05) is 7.11 Å². The van der Waals surface area contributed by atoms with E-state index in [1.165, 1.54) is 0 Å². The van der Waals surface area contributed by atoms with Crippen molar-refractivity contribution in [2.45, 2.75) is 12.6 Å². The molecule has 0 atom stereocenters. The first-order valence-electron chi connectivity index (χ1n) is 3.94. The fourth-order valence-electron chi connectivity index (χ4n) is 1.17. The number of aromatic nitrogens is 1. The molecule has 1 aromatic rings. The van der Waals surface area contributed by atoms with Gasteiger partial charge in [0.15, 0.2) is 0 Å². The van der Waals surface area contributed by atoms with Crippen LogP contribution in [0.5, 0.6) is 5.88 Å². The summed E-state index contributed by atoms with van der Waals surface area (Å²) in [4.78, 5) is 12.5. The van der Waals surface area contributed by atoms with E-state index in [4.69, 9.17) is 0 Å². The Morgan fingerprint density at radius 1 is 1.38 bits per heavy atom. The SMILES string of the molecule is COc1[nH]c(=O)cc(C(F)F)c1C(F)(F)F. The van der Waals surface area contributed by atoms with Crippen LogP contribution in [0.25, 0.3) is 0 Å². The number of hydrogen-bond acceptors (Lipinski definition) is 2. The molecule has 1 heterocycles. The minimum absolute atomic E-state index is 0.204. The van der Waals surface area contributed by atoms with Crippen molar-refractivity contribution in [1.29, 1.82) is 0 Å². The molecule has 0 aromatic carbocycles. The van der Waals surface area contributed by atoms with Gasteiger partial charge in [-0.15, -0.1) is 0 Å². The molecule has 1 aromatic heterocycles. The van der Waals surface area contributed by atoms with Crippen molar-refractivity contribution in [3.05, 3.63) is 27.5 Å². The van der Waals surface area contributed by atoms with Crippen LogP contribution in [0.15, 0.2) is 10.9 Å². The van der Waals surface area contributed by atoms with E-state index in [-0.39, 0.29) is 6.07 Å². The third-order valence-electron chi connectivity index (χ3n) is 1.76. The van der Waals surface area contributed by atoms with Gasteiger partial charge in [-0.3, -0.25) is 9.78 Å². The Morgan fingerprint density at radius 2 is 1.94 bits per heavy atom. The van der Waals surface area contributed by atoms with Crippen molar-refractivity contribution in [3.63, 3.8) is 0 Å². The topological polar surface area (TPSA) is 42.1 Å². The molecule has 0 aliphatic carbocycles. The molecule has 8 heteroatoms. The fourth-order valence-corrected chi connectivity index (χ4v) is 1.17. The van der Waals surface area contributed by atoms with Crippen LogP contribution < -0.4 is 10.3 Å². The molecule has 0 amide bonds. The van der Waals surface area contributed by atoms with Crippen LogP contribution >= 0.6 is 0 Å². The zero-order valence-corrected chi connectivity index (χ0v) is 7.86. The molecule has 90 valence electrons. The number of alkyl halides is 5. The van der Waals surface area contributed by atoms with Crippen molar-refractivity contribution in [3.8, 4) is 5.88 Å². The number of methoxy groups -OCH3 is 1. The third-order valence-corrected chi connectivity index (χ3v) is 1.76. The first-order valence-corrected chi connectivity index (χ1v) is 3.94. The van der Waals surface area contributed by atoms with E-state index in [2.05, 4.69) is 4.74 Å². The summed E-state index contributed by atoms with van der Waals surface area (Å²) in [7, 11) is 0.843. The molecular weight excluding hydrogens is 237 g/mol. The number of halogens is 5. The number of aromatic amines is 1. The Labute approximate surface area is 85.8 Å². The van der Waals surface area contributed by atoms with Gasteiger partial charge in [0.05, 0.1) is 7.11 Å². The number of nitrogens with one attached hydrogen (secondary N) is 1. The van der Waals surface area contributed by atoms with Gasteiger partial charge in [0.25, 0.3) is 12.0 Å². The smallest absolute Gasteiger partial charge is 0.422 e. The number of H-pyrrole nitrogens is 1. The number of rotatable bonds is 2. The molecule has 1 rings (SSSR count). The van der Waals surface area contributed by atoms with Gasteiger partial charge in [0.1, 0.15) is 5.56 Å². The first kappa shape index (κ1) is 12.5. The second-order valence-corrected chi connectivity index (χ2v) is 2.80. The van der Waals surface area contributed by atoms with Gasteiger partial charge in [0.2, 0.25) is 5.88 Å². The summed E-state index contributed by atoms with van der Waals surface area (Å²) in [6.07, 6.45) is -8.44. The molecule has 1 N–H and O–H groups in total. The van der Waals surface area contributed by atoms with Gasteiger partial charge >= 0.3 is 6.18 Å². The number of hydrogen-bond donors (Lipinski definition) is 1. The maximum Gasteiger partial charge on any atom is 0.422 e. The molecular formula is C8H6F5NO2. The van der Waals surface area contributed by atoms with E-state index >= 15 is 0 Å². The number of pyridine rings is 1. The standard InChI is InChI=1S/C8H6F5NO2/c1-16-7-5(8(11,12)13)3(6(9)10)2-4(15)14-7/h2,6H,1H3,(H,14,15). The molecule has 0 saturated heterocycles. The highest BCUT2D eigenvalue weighted by Gasteiger charge is 2.40. The lowest BCUT2D eigenvalue weighted by atomic mass is 10.1. The Kier molecular flexibility index (Phi) is 3.20. The summed E-state index contributed by atoms with van der Waals surface area (Å²) in [6.45, 7) is 0. The lowest BCUT2D eigenvalue weighted by Gasteiger charge is -2.14. The summed E-state index contributed by atoms with van der Waals surface area (Å²) in [6, 6.07) is 0.204. The highest BCUT2D eigenvalue weighted by Crippen LogP contribution is 2.39. The van der Waals surface area contributed by atoms with Crippen molar-refractivity contribution >= 4 is 0 Å². The second kappa shape index (κ2) is 4.11. The quantitative estimate of drug-likeness (QED) is 0.810. The minimum atomic E-state index is -5.03. The van der Waals surface area contributed by atoms with Crippen LogP contribution in [-0.2, 0) is 6.18 Å². The predicted octanol–water partition coefficient (Wildman–Crippen LogP) is 2.34. The predicted molar refractivity (Wildman–Crippen MR) is 43.6 cm³/mol. The Morgan fingerprint density at radius 3 is 2.31 bits per heavy atom. The van der Waals surface area contributed by atoms with E-state index in [0.717, 1.165) is 7.11 Å². The summed E-state index contributed by atoms with van der Waals surface area (Å²) < 4.78 is 66.3. The molecule has 0 aliphatic heterocycles. The van der Waals surface area contributed by atoms with Gasteiger partial charge < -0.3 is 4.74 Å². The zero-order valence-electron chi connectivity index (χ0n) is 7.86. The monoisotopic (exact) mass is 243 g/mol. The summed E-state index contributed by atoms with van der Waals surface area (Å²) in [5.74, 6) is -1.02. The average molecular weight is 243 g/mol. The molecule has 0 unspecified atom stereocenters. The van der Waals surface area contributed by atoms with Crippen molar-refractivity contribution in [1.82, 2.24) is 4.98 Å². The second-order valence-electron chi connectivity index (χ2n) is 2.80.